The van der Waals surface area contributed by atoms with E-state index < -0.39 is 11.7 Å². The van der Waals surface area contributed by atoms with Crippen LogP contribution in [0.4, 0.5) is 24.7 Å². The molecule has 0 saturated carbocycles. The number of hydrogen-bond donors (Lipinski definition) is 1. The molecule has 2 rings (SSSR count). The molecule has 0 atom stereocenters. The summed E-state index contributed by atoms with van der Waals surface area (Å²) in [6.45, 7) is 0. The lowest BCUT2D eigenvalue weighted by atomic mass is 10.2. The van der Waals surface area contributed by atoms with Gasteiger partial charge in [-0.15, -0.1) is 11.3 Å². The van der Waals surface area contributed by atoms with Crippen LogP contribution in [0.2, 0.25) is 0 Å². The molecule has 92 valence electrons. The predicted octanol–water partition coefficient (Wildman–Crippen LogP) is 3.78. The number of aromatic nitrogens is 1. The van der Waals surface area contributed by atoms with Gasteiger partial charge in [0.1, 0.15) is 10.9 Å². The summed E-state index contributed by atoms with van der Waals surface area (Å²) in [4.78, 5) is 4.30. The molecule has 1 aromatic carbocycles. The van der Waals surface area contributed by atoms with Crippen molar-refractivity contribution in [3.8, 4) is 6.07 Å². The van der Waals surface area contributed by atoms with E-state index in [1.165, 1.54) is 17.6 Å². The Bertz CT molecular complexity index is 581. The first kappa shape index (κ1) is 12.4. The molecule has 1 aromatic heterocycles. The Hall–Kier alpha value is -2.07. The highest BCUT2D eigenvalue weighted by Gasteiger charge is 2.29. The van der Waals surface area contributed by atoms with Crippen LogP contribution in [0.3, 0.4) is 0 Å². The standard InChI is InChI=1S/C11H6F3N3S/c12-11(13,14)7-1-3-8(4-2-7)17-10-9(5-15)18-6-16-10/h1-4,6,17H. The third-order valence-electron chi connectivity index (χ3n) is 2.14. The molecular formula is C11H6F3N3S. The van der Waals surface area contributed by atoms with Crippen molar-refractivity contribution in [3.63, 3.8) is 0 Å². The first-order chi connectivity index (χ1) is 8.50. The van der Waals surface area contributed by atoms with Crippen LogP contribution in [0.5, 0.6) is 0 Å². The Balaban J connectivity index is 2.19. The summed E-state index contributed by atoms with van der Waals surface area (Å²) >= 11 is 1.16. The van der Waals surface area contributed by atoms with E-state index >= 15 is 0 Å². The number of halogens is 3. The van der Waals surface area contributed by atoms with Crippen molar-refractivity contribution < 1.29 is 13.2 Å². The summed E-state index contributed by atoms with van der Waals surface area (Å²) in [7, 11) is 0. The fraction of sp³-hybridized carbons (Fsp3) is 0.0909. The molecule has 0 unspecified atom stereocenters. The minimum absolute atomic E-state index is 0.349. The third kappa shape index (κ3) is 2.60. The van der Waals surface area contributed by atoms with E-state index in [0.29, 0.717) is 16.4 Å². The molecule has 1 N–H and O–H groups in total. The van der Waals surface area contributed by atoms with Crippen molar-refractivity contribution in [2.75, 3.05) is 5.32 Å². The third-order valence-corrected chi connectivity index (χ3v) is 2.88. The number of nitrogens with zero attached hydrogens (tertiary/aromatic N) is 2. The highest BCUT2D eigenvalue weighted by molar-refractivity contribution is 7.10. The zero-order valence-corrected chi connectivity index (χ0v) is 9.64. The maximum atomic E-state index is 12.3. The van der Waals surface area contributed by atoms with E-state index in [1.54, 1.807) is 0 Å². The van der Waals surface area contributed by atoms with Crippen molar-refractivity contribution in [2.45, 2.75) is 6.18 Å². The molecule has 18 heavy (non-hydrogen) atoms. The number of benzene rings is 1. The molecule has 1 heterocycles. The molecule has 0 fully saturated rings. The van der Waals surface area contributed by atoms with Gasteiger partial charge in [0.2, 0.25) is 0 Å². The number of nitrogens with one attached hydrogen (secondary N) is 1. The van der Waals surface area contributed by atoms with Gasteiger partial charge in [0.25, 0.3) is 0 Å². The number of anilines is 2. The van der Waals surface area contributed by atoms with Crippen molar-refractivity contribution in [3.05, 3.63) is 40.2 Å². The Morgan fingerprint density at radius 1 is 1.22 bits per heavy atom. The molecular weight excluding hydrogens is 263 g/mol. The summed E-state index contributed by atoms with van der Waals surface area (Å²) in [5, 5.41) is 11.6. The molecule has 0 aliphatic carbocycles. The fourth-order valence-electron chi connectivity index (χ4n) is 1.29. The Morgan fingerprint density at radius 2 is 1.89 bits per heavy atom. The lowest BCUT2D eigenvalue weighted by Gasteiger charge is -2.08. The SMILES string of the molecule is N#Cc1scnc1Nc1ccc(C(F)(F)F)cc1. The molecule has 3 nitrogen and oxygen atoms in total. The quantitative estimate of drug-likeness (QED) is 0.902. The summed E-state index contributed by atoms with van der Waals surface area (Å²) in [5.74, 6) is 0.349. The van der Waals surface area contributed by atoms with Gasteiger partial charge in [-0.3, -0.25) is 0 Å². The molecule has 0 bridgehead atoms. The number of rotatable bonds is 2. The zero-order chi connectivity index (χ0) is 13.2. The molecule has 0 saturated heterocycles. The number of thiazole rings is 1. The van der Waals surface area contributed by atoms with E-state index in [0.717, 1.165) is 23.5 Å². The van der Waals surface area contributed by atoms with E-state index in [1.807, 2.05) is 6.07 Å². The molecule has 0 aliphatic rings. The highest BCUT2D eigenvalue weighted by Crippen LogP contribution is 2.30. The van der Waals surface area contributed by atoms with Gasteiger partial charge < -0.3 is 5.32 Å². The minimum Gasteiger partial charge on any atom is -0.338 e. The maximum Gasteiger partial charge on any atom is 0.416 e. The van der Waals surface area contributed by atoms with Gasteiger partial charge in [-0.25, -0.2) is 4.98 Å². The van der Waals surface area contributed by atoms with E-state index in [-0.39, 0.29) is 0 Å². The topological polar surface area (TPSA) is 48.7 Å². The number of alkyl halides is 3. The Labute approximate surface area is 105 Å². The van der Waals surface area contributed by atoms with Gasteiger partial charge in [0.05, 0.1) is 11.1 Å². The molecule has 0 spiro atoms. The van der Waals surface area contributed by atoms with Gasteiger partial charge in [-0.2, -0.15) is 18.4 Å². The molecule has 2 aromatic rings. The lowest BCUT2D eigenvalue weighted by Crippen LogP contribution is -2.04. The average Bonchev–Trinajstić information content (AvgIpc) is 2.76. The minimum atomic E-state index is -4.35. The first-order valence-corrected chi connectivity index (χ1v) is 5.66. The molecule has 7 heteroatoms. The average molecular weight is 269 g/mol. The summed E-state index contributed by atoms with van der Waals surface area (Å²) in [5.41, 5.74) is 1.22. The van der Waals surface area contributed by atoms with Gasteiger partial charge >= 0.3 is 6.18 Å². The van der Waals surface area contributed by atoms with Crippen LogP contribution in [0.15, 0.2) is 29.8 Å². The summed E-state index contributed by atoms with van der Waals surface area (Å²) < 4.78 is 37.0. The monoisotopic (exact) mass is 269 g/mol. The van der Waals surface area contributed by atoms with Crippen molar-refractivity contribution in [2.24, 2.45) is 0 Å². The van der Waals surface area contributed by atoms with Gasteiger partial charge in [0, 0.05) is 5.69 Å². The largest absolute Gasteiger partial charge is 0.416 e. The number of hydrogen-bond acceptors (Lipinski definition) is 4. The van der Waals surface area contributed by atoms with Crippen LogP contribution in [0.1, 0.15) is 10.4 Å². The van der Waals surface area contributed by atoms with Crippen LogP contribution < -0.4 is 5.32 Å². The highest BCUT2D eigenvalue weighted by atomic mass is 32.1. The summed E-state index contributed by atoms with van der Waals surface area (Å²) in [6.07, 6.45) is -4.35. The van der Waals surface area contributed by atoms with E-state index in [9.17, 15) is 13.2 Å². The van der Waals surface area contributed by atoms with Crippen LogP contribution in [0.25, 0.3) is 0 Å². The molecule has 0 aliphatic heterocycles. The second-order valence-electron chi connectivity index (χ2n) is 3.34. The van der Waals surface area contributed by atoms with Crippen molar-refractivity contribution in [1.82, 2.24) is 4.98 Å². The van der Waals surface area contributed by atoms with Crippen LogP contribution in [-0.4, -0.2) is 4.98 Å². The van der Waals surface area contributed by atoms with Gasteiger partial charge in [0.15, 0.2) is 5.82 Å². The fourth-order valence-corrected chi connectivity index (χ4v) is 1.83. The van der Waals surface area contributed by atoms with E-state index in [2.05, 4.69) is 10.3 Å². The van der Waals surface area contributed by atoms with Crippen LogP contribution in [0, 0.1) is 11.3 Å². The second kappa shape index (κ2) is 4.66. The first-order valence-electron chi connectivity index (χ1n) is 4.78. The Morgan fingerprint density at radius 3 is 2.44 bits per heavy atom. The molecule has 0 radical (unpaired) electrons. The maximum absolute atomic E-state index is 12.3. The predicted molar refractivity (Wildman–Crippen MR) is 61.6 cm³/mol. The van der Waals surface area contributed by atoms with Gasteiger partial charge in [-0.05, 0) is 24.3 Å². The van der Waals surface area contributed by atoms with Crippen molar-refractivity contribution >= 4 is 22.8 Å². The van der Waals surface area contributed by atoms with Crippen LogP contribution >= 0.6 is 11.3 Å². The summed E-state index contributed by atoms with van der Waals surface area (Å²) in [6, 6.07) is 6.48. The van der Waals surface area contributed by atoms with Crippen LogP contribution in [-0.2, 0) is 6.18 Å². The Kier molecular flexibility index (Phi) is 3.21. The second-order valence-corrected chi connectivity index (χ2v) is 4.20. The zero-order valence-electron chi connectivity index (χ0n) is 8.82. The lowest BCUT2D eigenvalue weighted by molar-refractivity contribution is -0.137. The number of nitriles is 1. The smallest absolute Gasteiger partial charge is 0.338 e. The van der Waals surface area contributed by atoms with Crippen molar-refractivity contribution in [1.29, 1.82) is 5.26 Å². The molecule has 0 amide bonds. The van der Waals surface area contributed by atoms with E-state index in [4.69, 9.17) is 5.26 Å². The normalized spacial score (nSPS) is 11.0. The van der Waals surface area contributed by atoms with Gasteiger partial charge in [-0.1, -0.05) is 0 Å².